The Labute approximate surface area is 218 Å². The number of carbonyl (C=O) groups is 3. The number of nitrogens with zero attached hydrogens (tertiary/aromatic N) is 4. The minimum atomic E-state index is -0.458. The first kappa shape index (κ1) is 25.7. The maximum Gasteiger partial charge on any atom is 0.410 e. The molecule has 0 spiro atoms. The molecule has 200 valence electrons. The van der Waals surface area contributed by atoms with Crippen LogP contribution in [0.1, 0.15) is 82.4 Å². The maximum absolute atomic E-state index is 12.4. The van der Waals surface area contributed by atoms with Crippen molar-refractivity contribution in [2.24, 2.45) is 7.05 Å². The third kappa shape index (κ3) is 5.51. The van der Waals surface area contributed by atoms with E-state index in [0.29, 0.717) is 24.8 Å². The lowest BCUT2D eigenvalue weighted by atomic mass is 9.87. The summed E-state index contributed by atoms with van der Waals surface area (Å²) in [5.41, 5.74) is 2.67. The molecule has 9 heteroatoms. The summed E-state index contributed by atoms with van der Waals surface area (Å²) in [5, 5.41) is 8.14. The van der Waals surface area contributed by atoms with E-state index >= 15 is 0 Å². The number of benzene rings is 1. The third-order valence-electron chi connectivity index (χ3n) is 8.11. The first-order chi connectivity index (χ1) is 17.6. The molecule has 0 bridgehead atoms. The number of piperidine rings is 3. The molecule has 3 aliphatic rings. The molecule has 1 unspecified atom stereocenters. The molecule has 1 aromatic heterocycles. The Morgan fingerprint density at radius 1 is 1.03 bits per heavy atom. The number of ether oxygens (including phenoxy) is 1. The molecule has 4 heterocycles. The molecule has 1 atom stereocenters. The highest BCUT2D eigenvalue weighted by molar-refractivity contribution is 6.02. The highest BCUT2D eigenvalue weighted by Crippen LogP contribution is 2.35. The SMILES string of the molecule is Cn1nc(C2CCC(=O)NC2=O)c2ccc(C3CCN(C4CCN(C(=O)OC(C)(C)C)CC4)CC3)cc21. The van der Waals surface area contributed by atoms with Gasteiger partial charge in [-0.2, -0.15) is 5.10 Å². The summed E-state index contributed by atoms with van der Waals surface area (Å²) in [4.78, 5) is 40.8. The summed E-state index contributed by atoms with van der Waals surface area (Å²) < 4.78 is 7.41. The number of amides is 3. The Bertz CT molecular complexity index is 1180. The fourth-order valence-corrected chi connectivity index (χ4v) is 6.11. The Morgan fingerprint density at radius 2 is 1.73 bits per heavy atom. The van der Waals surface area contributed by atoms with Crippen molar-refractivity contribution in [2.45, 2.75) is 82.8 Å². The predicted molar refractivity (Wildman–Crippen MR) is 140 cm³/mol. The molecule has 3 fully saturated rings. The molecule has 3 saturated heterocycles. The van der Waals surface area contributed by atoms with Gasteiger partial charge in [-0.25, -0.2) is 4.79 Å². The first-order valence-corrected chi connectivity index (χ1v) is 13.6. The largest absolute Gasteiger partial charge is 0.444 e. The molecule has 2 aromatic rings. The Morgan fingerprint density at radius 3 is 2.38 bits per heavy atom. The van der Waals surface area contributed by atoms with E-state index in [2.05, 4.69) is 33.5 Å². The van der Waals surface area contributed by atoms with Gasteiger partial charge < -0.3 is 14.5 Å². The van der Waals surface area contributed by atoms with Gasteiger partial charge in [0.2, 0.25) is 11.8 Å². The highest BCUT2D eigenvalue weighted by atomic mass is 16.6. The lowest BCUT2D eigenvalue weighted by Gasteiger charge is -2.42. The van der Waals surface area contributed by atoms with Gasteiger partial charge in [0.1, 0.15) is 5.60 Å². The van der Waals surface area contributed by atoms with Crippen molar-refractivity contribution < 1.29 is 19.1 Å². The van der Waals surface area contributed by atoms with E-state index < -0.39 is 5.60 Å². The van der Waals surface area contributed by atoms with Gasteiger partial charge in [-0.1, -0.05) is 12.1 Å². The predicted octanol–water partition coefficient (Wildman–Crippen LogP) is 3.67. The molecule has 37 heavy (non-hydrogen) atoms. The van der Waals surface area contributed by atoms with Crippen molar-refractivity contribution in [3.05, 3.63) is 29.5 Å². The number of fused-ring (bicyclic) bond motifs is 1. The van der Waals surface area contributed by atoms with Crippen molar-refractivity contribution in [3.8, 4) is 0 Å². The normalized spacial score (nSPS) is 22.9. The maximum atomic E-state index is 12.4. The second-order valence-corrected chi connectivity index (χ2v) is 11.8. The number of aromatic nitrogens is 2. The highest BCUT2D eigenvalue weighted by Gasteiger charge is 2.33. The zero-order chi connectivity index (χ0) is 26.3. The van der Waals surface area contributed by atoms with Crippen LogP contribution in [0.25, 0.3) is 10.9 Å². The summed E-state index contributed by atoms with van der Waals surface area (Å²) >= 11 is 0. The Balaban J connectivity index is 1.19. The molecule has 0 radical (unpaired) electrons. The van der Waals surface area contributed by atoms with Crippen molar-refractivity contribution in [3.63, 3.8) is 0 Å². The van der Waals surface area contributed by atoms with E-state index in [1.54, 1.807) is 0 Å². The molecule has 1 N–H and O–H groups in total. The second-order valence-electron chi connectivity index (χ2n) is 11.8. The van der Waals surface area contributed by atoms with E-state index in [4.69, 9.17) is 4.74 Å². The molecule has 1 aromatic carbocycles. The zero-order valence-corrected chi connectivity index (χ0v) is 22.5. The number of hydrogen-bond donors (Lipinski definition) is 1. The van der Waals surface area contributed by atoms with Crippen LogP contribution in [0.2, 0.25) is 0 Å². The number of aryl methyl sites for hydroxylation is 1. The topological polar surface area (TPSA) is 96.8 Å². The minimum Gasteiger partial charge on any atom is -0.444 e. The summed E-state index contributed by atoms with van der Waals surface area (Å²) in [6.07, 6.45) is 4.86. The molecule has 0 aliphatic carbocycles. The fourth-order valence-electron chi connectivity index (χ4n) is 6.11. The quantitative estimate of drug-likeness (QED) is 0.634. The van der Waals surface area contributed by atoms with Gasteiger partial charge in [-0.3, -0.25) is 19.6 Å². The Hall–Kier alpha value is -2.94. The van der Waals surface area contributed by atoms with Crippen LogP contribution in [-0.2, 0) is 21.4 Å². The van der Waals surface area contributed by atoms with Crippen molar-refractivity contribution in [1.29, 1.82) is 0 Å². The summed E-state index contributed by atoms with van der Waals surface area (Å²) in [5.74, 6) is -0.331. The van der Waals surface area contributed by atoms with Gasteiger partial charge in [0.25, 0.3) is 0 Å². The summed E-state index contributed by atoms with van der Waals surface area (Å²) in [6, 6.07) is 7.06. The lowest BCUT2D eigenvalue weighted by Crippen LogP contribution is -2.49. The molecular weight excluding hydrogens is 470 g/mol. The second kappa shape index (κ2) is 10.1. The summed E-state index contributed by atoms with van der Waals surface area (Å²) in [6.45, 7) is 9.36. The van der Waals surface area contributed by atoms with Gasteiger partial charge in [-0.05, 0) is 83.5 Å². The summed E-state index contributed by atoms with van der Waals surface area (Å²) in [7, 11) is 1.92. The molecule has 3 amide bonds. The van der Waals surface area contributed by atoms with E-state index in [0.717, 1.165) is 68.5 Å². The van der Waals surface area contributed by atoms with E-state index in [-0.39, 0.29) is 23.8 Å². The van der Waals surface area contributed by atoms with Gasteiger partial charge in [-0.15, -0.1) is 0 Å². The molecule has 3 aliphatic heterocycles. The van der Waals surface area contributed by atoms with Crippen LogP contribution >= 0.6 is 0 Å². The smallest absolute Gasteiger partial charge is 0.410 e. The van der Waals surface area contributed by atoms with Crippen LogP contribution in [0, 0.1) is 0 Å². The van der Waals surface area contributed by atoms with E-state index in [1.807, 2.05) is 37.4 Å². The fraction of sp³-hybridized carbons (Fsp3) is 0.643. The number of rotatable bonds is 3. The van der Waals surface area contributed by atoms with Crippen LogP contribution in [0.5, 0.6) is 0 Å². The van der Waals surface area contributed by atoms with Gasteiger partial charge >= 0.3 is 6.09 Å². The van der Waals surface area contributed by atoms with E-state index in [9.17, 15) is 14.4 Å². The van der Waals surface area contributed by atoms with Crippen LogP contribution in [0.4, 0.5) is 4.79 Å². The zero-order valence-electron chi connectivity index (χ0n) is 22.5. The average Bonchev–Trinajstić information content (AvgIpc) is 3.19. The lowest BCUT2D eigenvalue weighted by molar-refractivity contribution is -0.134. The van der Waals surface area contributed by atoms with Crippen molar-refractivity contribution in [1.82, 2.24) is 24.9 Å². The molecular formula is C28H39N5O4. The van der Waals surface area contributed by atoms with Gasteiger partial charge in [0.15, 0.2) is 0 Å². The van der Waals surface area contributed by atoms with Crippen molar-refractivity contribution >= 4 is 28.8 Å². The number of nitrogens with one attached hydrogen (secondary N) is 1. The van der Waals surface area contributed by atoms with Crippen LogP contribution in [0.3, 0.4) is 0 Å². The van der Waals surface area contributed by atoms with Crippen LogP contribution in [0.15, 0.2) is 18.2 Å². The number of carbonyl (C=O) groups excluding carboxylic acids is 3. The average molecular weight is 510 g/mol. The molecule has 9 nitrogen and oxygen atoms in total. The van der Waals surface area contributed by atoms with Gasteiger partial charge in [0, 0.05) is 38.0 Å². The van der Waals surface area contributed by atoms with Crippen molar-refractivity contribution in [2.75, 3.05) is 26.2 Å². The van der Waals surface area contributed by atoms with Crippen LogP contribution < -0.4 is 5.32 Å². The Kier molecular flexibility index (Phi) is 7.00. The first-order valence-electron chi connectivity index (χ1n) is 13.6. The number of likely N-dealkylation sites (tertiary alicyclic amines) is 2. The van der Waals surface area contributed by atoms with Gasteiger partial charge in [0.05, 0.1) is 17.1 Å². The monoisotopic (exact) mass is 509 g/mol. The number of imide groups is 1. The number of hydrogen-bond acceptors (Lipinski definition) is 6. The van der Waals surface area contributed by atoms with Crippen LogP contribution in [-0.4, -0.2) is 75.3 Å². The molecule has 0 saturated carbocycles. The minimum absolute atomic E-state index is 0.198. The van der Waals surface area contributed by atoms with E-state index in [1.165, 1.54) is 5.56 Å². The third-order valence-corrected chi connectivity index (χ3v) is 8.11. The molecule has 5 rings (SSSR count). The standard InChI is InChI=1S/C28H39N5O4/c1-28(2,3)37-27(36)33-15-11-20(12-16-33)32-13-9-18(10-14-32)19-5-6-21-23(17-19)31(4)30-25(21)22-7-8-24(34)29-26(22)35/h5-6,17-18,20,22H,7-16H2,1-4H3,(H,29,34,35).